The summed E-state index contributed by atoms with van der Waals surface area (Å²) < 4.78 is 0. The fourth-order valence-corrected chi connectivity index (χ4v) is 1.70. The lowest BCUT2D eigenvalue weighted by atomic mass is 9.99. The molecule has 0 bridgehead atoms. The van der Waals surface area contributed by atoms with Gasteiger partial charge in [-0.25, -0.2) is 0 Å². The minimum Gasteiger partial charge on any atom is -0.294 e. The Balaban J connectivity index is 2.39. The van der Waals surface area contributed by atoms with Crippen LogP contribution in [0.1, 0.15) is 25.7 Å². The fraction of sp³-hybridized carbons (Fsp3) is 0.444. The van der Waals surface area contributed by atoms with Crippen LogP contribution in [0, 0.1) is 0 Å². The molecule has 0 aliphatic heterocycles. The van der Waals surface area contributed by atoms with Crippen molar-refractivity contribution in [2.75, 3.05) is 0 Å². The normalized spacial score (nSPS) is 23.8. The monoisotopic (exact) mass is 134 g/mol. The number of carbonyl (C=O) groups excluding carboxylic acids is 1. The van der Waals surface area contributed by atoms with E-state index in [1.807, 2.05) is 6.08 Å². The van der Waals surface area contributed by atoms with Gasteiger partial charge in [0.25, 0.3) is 0 Å². The molecule has 2 aliphatic rings. The van der Waals surface area contributed by atoms with Gasteiger partial charge in [-0.1, -0.05) is 12.2 Å². The summed E-state index contributed by atoms with van der Waals surface area (Å²) in [6.45, 7) is 0. The van der Waals surface area contributed by atoms with Crippen molar-refractivity contribution in [3.05, 3.63) is 23.3 Å². The zero-order valence-electron chi connectivity index (χ0n) is 5.89. The van der Waals surface area contributed by atoms with Gasteiger partial charge in [0.1, 0.15) is 0 Å². The first-order chi connectivity index (χ1) is 4.88. The van der Waals surface area contributed by atoms with Gasteiger partial charge in [0.05, 0.1) is 0 Å². The van der Waals surface area contributed by atoms with Gasteiger partial charge in [-0.15, -0.1) is 0 Å². The van der Waals surface area contributed by atoms with Crippen LogP contribution in [0.2, 0.25) is 0 Å². The Kier molecular flexibility index (Phi) is 1.23. The Morgan fingerprint density at radius 1 is 1.30 bits per heavy atom. The largest absolute Gasteiger partial charge is 0.294 e. The van der Waals surface area contributed by atoms with Crippen molar-refractivity contribution in [2.45, 2.75) is 25.7 Å². The summed E-state index contributed by atoms with van der Waals surface area (Å²) in [5.74, 6) is 0.356. The predicted molar refractivity (Wildman–Crippen MR) is 39.6 cm³/mol. The van der Waals surface area contributed by atoms with Crippen molar-refractivity contribution < 1.29 is 4.79 Å². The van der Waals surface area contributed by atoms with Crippen LogP contribution in [0.4, 0.5) is 0 Å². The molecule has 0 fully saturated rings. The molecular formula is C9H10O. The smallest absolute Gasteiger partial charge is 0.162 e. The maximum atomic E-state index is 11.2. The van der Waals surface area contributed by atoms with Gasteiger partial charge in [0.15, 0.2) is 5.78 Å². The van der Waals surface area contributed by atoms with Crippen molar-refractivity contribution >= 4 is 5.78 Å². The summed E-state index contributed by atoms with van der Waals surface area (Å²) in [5, 5.41) is 0. The molecule has 0 atom stereocenters. The van der Waals surface area contributed by atoms with E-state index in [2.05, 4.69) is 6.08 Å². The molecule has 0 aromatic heterocycles. The Bertz CT molecular complexity index is 233. The number of carbonyl (C=O) groups is 1. The van der Waals surface area contributed by atoms with Crippen LogP contribution in [0.3, 0.4) is 0 Å². The van der Waals surface area contributed by atoms with E-state index in [9.17, 15) is 4.79 Å². The van der Waals surface area contributed by atoms with E-state index in [1.54, 1.807) is 0 Å². The van der Waals surface area contributed by atoms with Crippen LogP contribution in [0.15, 0.2) is 23.3 Å². The Morgan fingerprint density at radius 3 is 3.00 bits per heavy atom. The number of rotatable bonds is 0. The molecule has 0 unspecified atom stereocenters. The van der Waals surface area contributed by atoms with Crippen LogP contribution in [-0.4, -0.2) is 5.78 Å². The number of allylic oxidation sites excluding steroid dienone is 4. The quantitative estimate of drug-likeness (QED) is 0.495. The van der Waals surface area contributed by atoms with Gasteiger partial charge in [-0.2, -0.15) is 0 Å². The fourth-order valence-electron chi connectivity index (χ4n) is 1.70. The summed E-state index contributed by atoms with van der Waals surface area (Å²) in [5.41, 5.74) is 2.42. The summed E-state index contributed by atoms with van der Waals surface area (Å²) in [6, 6.07) is 0. The lowest BCUT2D eigenvalue weighted by Crippen LogP contribution is -2.03. The van der Waals surface area contributed by atoms with E-state index in [4.69, 9.17) is 0 Å². The Labute approximate surface area is 60.4 Å². The highest BCUT2D eigenvalue weighted by Gasteiger charge is 2.20. The van der Waals surface area contributed by atoms with E-state index in [0.29, 0.717) is 12.2 Å². The first-order valence-corrected chi connectivity index (χ1v) is 3.80. The highest BCUT2D eigenvalue weighted by atomic mass is 16.1. The second-order valence-corrected chi connectivity index (χ2v) is 2.89. The van der Waals surface area contributed by atoms with Gasteiger partial charge in [-0.05, 0) is 30.4 Å². The number of hydrogen-bond acceptors (Lipinski definition) is 1. The molecule has 0 spiro atoms. The third kappa shape index (κ3) is 0.737. The summed E-state index contributed by atoms with van der Waals surface area (Å²) in [6.07, 6.45) is 8.06. The van der Waals surface area contributed by atoms with E-state index < -0.39 is 0 Å². The lowest BCUT2D eigenvalue weighted by molar-refractivity contribution is -0.115. The molecule has 2 aliphatic carbocycles. The van der Waals surface area contributed by atoms with Crippen LogP contribution < -0.4 is 0 Å². The van der Waals surface area contributed by atoms with E-state index in [0.717, 1.165) is 18.4 Å². The number of Topliss-reactive ketones (excluding diaryl/α,β-unsaturated/α-hetero) is 1. The molecule has 0 heterocycles. The zero-order valence-corrected chi connectivity index (χ0v) is 5.89. The molecule has 0 aromatic rings. The molecule has 1 heteroatoms. The molecule has 0 saturated heterocycles. The summed E-state index contributed by atoms with van der Waals surface area (Å²) >= 11 is 0. The minimum atomic E-state index is 0.356. The van der Waals surface area contributed by atoms with Crippen molar-refractivity contribution in [1.29, 1.82) is 0 Å². The lowest BCUT2D eigenvalue weighted by Gasteiger charge is -2.05. The third-order valence-corrected chi connectivity index (χ3v) is 2.22. The van der Waals surface area contributed by atoms with Gasteiger partial charge in [0, 0.05) is 6.42 Å². The third-order valence-electron chi connectivity index (χ3n) is 2.22. The molecule has 52 valence electrons. The standard InChI is InChI=1S/C9H10O/c10-9-6-2-4-7-3-1-5-8(7)9/h2,4H,1,3,5-6H2. The van der Waals surface area contributed by atoms with Crippen molar-refractivity contribution in [1.82, 2.24) is 0 Å². The Morgan fingerprint density at radius 2 is 2.20 bits per heavy atom. The van der Waals surface area contributed by atoms with Gasteiger partial charge < -0.3 is 0 Å². The average Bonchev–Trinajstić information content (AvgIpc) is 2.36. The Hall–Kier alpha value is -0.850. The number of ketones is 1. The second kappa shape index (κ2) is 2.08. The topological polar surface area (TPSA) is 17.1 Å². The van der Waals surface area contributed by atoms with Crippen molar-refractivity contribution in [2.24, 2.45) is 0 Å². The van der Waals surface area contributed by atoms with Crippen molar-refractivity contribution in [3.63, 3.8) is 0 Å². The highest BCUT2D eigenvalue weighted by Crippen LogP contribution is 2.30. The predicted octanol–water partition coefficient (Wildman–Crippen LogP) is 2.00. The molecular weight excluding hydrogens is 124 g/mol. The maximum absolute atomic E-state index is 11.2. The minimum absolute atomic E-state index is 0.356. The van der Waals surface area contributed by atoms with Gasteiger partial charge in [0.2, 0.25) is 0 Å². The molecule has 0 amide bonds. The van der Waals surface area contributed by atoms with Gasteiger partial charge >= 0.3 is 0 Å². The van der Waals surface area contributed by atoms with E-state index in [-0.39, 0.29) is 0 Å². The molecule has 0 saturated carbocycles. The summed E-state index contributed by atoms with van der Waals surface area (Å²) in [7, 11) is 0. The van der Waals surface area contributed by atoms with Crippen LogP contribution in [-0.2, 0) is 4.79 Å². The number of hydrogen-bond donors (Lipinski definition) is 0. The maximum Gasteiger partial charge on any atom is 0.162 e. The molecule has 2 rings (SSSR count). The average molecular weight is 134 g/mol. The van der Waals surface area contributed by atoms with Gasteiger partial charge in [-0.3, -0.25) is 4.79 Å². The SMILES string of the molecule is O=C1CC=CC2=C1CCC2. The second-order valence-electron chi connectivity index (χ2n) is 2.89. The molecule has 1 nitrogen and oxygen atoms in total. The van der Waals surface area contributed by atoms with E-state index >= 15 is 0 Å². The molecule has 0 radical (unpaired) electrons. The highest BCUT2D eigenvalue weighted by molar-refractivity contribution is 5.99. The van der Waals surface area contributed by atoms with Crippen LogP contribution in [0.5, 0.6) is 0 Å². The van der Waals surface area contributed by atoms with Crippen LogP contribution >= 0.6 is 0 Å². The first-order valence-electron chi connectivity index (χ1n) is 3.80. The first kappa shape index (κ1) is 5.90. The molecule has 0 N–H and O–H groups in total. The molecule has 10 heavy (non-hydrogen) atoms. The van der Waals surface area contributed by atoms with Crippen molar-refractivity contribution in [3.8, 4) is 0 Å². The van der Waals surface area contributed by atoms with E-state index in [1.165, 1.54) is 12.0 Å². The zero-order chi connectivity index (χ0) is 6.97. The summed E-state index contributed by atoms with van der Waals surface area (Å²) in [4.78, 5) is 11.2. The van der Waals surface area contributed by atoms with Crippen LogP contribution in [0.25, 0.3) is 0 Å². The molecule has 0 aromatic carbocycles.